The summed E-state index contributed by atoms with van der Waals surface area (Å²) in [6, 6.07) is 11.2. The van der Waals surface area contributed by atoms with Crippen molar-refractivity contribution in [2.45, 2.75) is 44.4 Å². The lowest BCUT2D eigenvalue weighted by Gasteiger charge is -2.42. The molecule has 0 saturated carbocycles. The molecule has 1 fully saturated rings. The Kier molecular flexibility index (Phi) is 7.77. The van der Waals surface area contributed by atoms with E-state index in [4.69, 9.17) is 21.1 Å². The molecular weight excluding hydrogens is 472 g/mol. The predicted octanol–water partition coefficient (Wildman–Crippen LogP) is 3.89. The maximum Gasteiger partial charge on any atom is 0.323 e. The second-order valence-electron chi connectivity index (χ2n) is 8.60. The molecule has 1 saturated heterocycles. The first kappa shape index (κ1) is 24.8. The molecule has 9 nitrogen and oxygen atoms in total. The van der Waals surface area contributed by atoms with Gasteiger partial charge >= 0.3 is 6.03 Å². The Balaban J connectivity index is 1.46. The van der Waals surface area contributed by atoms with E-state index in [0.717, 1.165) is 0 Å². The summed E-state index contributed by atoms with van der Waals surface area (Å²) in [4.78, 5) is 39.4. The zero-order valence-electron chi connectivity index (χ0n) is 19.7. The van der Waals surface area contributed by atoms with Crippen LogP contribution in [0.15, 0.2) is 42.5 Å². The Morgan fingerprint density at radius 1 is 1.14 bits per heavy atom. The van der Waals surface area contributed by atoms with Gasteiger partial charge in [0.15, 0.2) is 0 Å². The standard InChI is InChI=1S/C25H29ClN4O5/c1-3-27-23(31)13-16-9-10-20-22(35-16)14-34-21-11-8-15(12-17(21)24(32)30(20)2)28-25(33)29-19-7-5-4-6-18(19)26/h4-8,11-12,16,20,22H,3,9-10,13-14H2,1-2H3,(H,27,31)(H2,28,29,33)/t16-,20+,22+/m1/s1. The summed E-state index contributed by atoms with van der Waals surface area (Å²) in [6.45, 7) is 2.71. The molecule has 4 rings (SSSR count). The normalized spacial score (nSPS) is 21.5. The third-order valence-electron chi connectivity index (χ3n) is 6.18. The highest BCUT2D eigenvalue weighted by molar-refractivity contribution is 6.33. The highest BCUT2D eigenvalue weighted by atomic mass is 35.5. The summed E-state index contributed by atoms with van der Waals surface area (Å²) in [5.74, 6) is 0.138. The maximum atomic E-state index is 13.3. The number of likely N-dealkylation sites (N-methyl/N-ethyl adjacent to an activating group) is 1. The number of hydrogen-bond donors (Lipinski definition) is 3. The van der Waals surface area contributed by atoms with Crippen LogP contribution in [0.5, 0.6) is 5.75 Å². The van der Waals surface area contributed by atoms with Gasteiger partial charge in [-0.05, 0) is 50.1 Å². The minimum atomic E-state index is -0.482. The predicted molar refractivity (Wildman–Crippen MR) is 133 cm³/mol. The molecule has 0 radical (unpaired) electrons. The van der Waals surface area contributed by atoms with E-state index >= 15 is 0 Å². The van der Waals surface area contributed by atoms with Crippen LogP contribution in [0.3, 0.4) is 0 Å². The van der Waals surface area contributed by atoms with Gasteiger partial charge in [0, 0.05) is 19.3 Å². The number of halogens is 1. The number of para-hydroxylation sites is 1. The summed E-state index contributed by atoms with van der Waals surface area (Å²) in [6.07, 6.45) is 1.11. The molecule has 2 aliphatic heterocycles. The van der Waals surface area contributed by atoms with E-state index in [-0.39, 0.29) is 43.1 Å². The summed E-state index contributed by atoms with van der Waals surface area (Å²) < 4.78 is 12.1. The molecule has 0 bridgehead atoms. The van der Waals surface area contributed by atoms with E-state index in [0.29, 0.717) is 47.1 Å². The summed E-state index contributed by atoms with van der Waals surface area (Å²) in [5, 5.41) is 8.64. The van der Waals surface area contributed by atoms with Gasteiger partial charge in [0.05, 0.1) is 34.8 Å². The maximum absolute atomic E-state index is 13.3. The third kappa shape index (κ3) is 5.86. The van der Waals surface area contributed by atoms with Gasteiger partial charge in [0.25, 0.3) is 5.91 Å². The molecule has 2 aromatic carbocycles. The molecule has 3 N–H and O–H groups in total. The lowest BCUT2D eigenvalue weighted by molar-refractivity contribution is -0.133. The Labute approximate surface area is 209 Å². The minimum Gasteiger partial charge on any atom is -0.490 e. The molecule has 0 spiro atoms. The van der Waals surface area contributed by atoms with Crippen LogP contribution in [-0.2, 0) is 9.53 Å². The fourth-order valence-electron chi connectivity index (χ4n) is 4.43. The molecule has 3 atom stereocenters. The Morgan fingerprint density at radius 3 is 2.71 bits per heavy atom. The zero-order valence-corrected chi connectivity index (χ0v) is 20.4. The van der Waals surface area contributed by atoms with Crippen molar-refractivity contribution in [2.24, 2.45) is 0 Å². The molecule has 10 heteroatoms. The smallest absolute Gasteiger partial charge is 0.323 e. The van der Waals surface area contributed by atoms with E-state index in [2.05, 4.69) is 16.0 Å². The molecule has 2 aromatic rings. The van der Waals surface area contributed by atoms with E-state index < -0.39 is 6.03 Å². The SMILES string of the molecule is CCNC(=O)C[C@H]1CC[C@H]2[C@H](COc3ccc(NC(=O)Nc4ccccc4Cl)cc3C(=O)N2C)O1. The van der Waals surface area contributed by atoms with Gasteiger partial charge in [-0.3, -0.25) is 9.59 Å². The van der Waals surface area contributed by atoms with Crippen molar-refractivity contribution in [2.75, 3.05) is 30.8 Å². The molecule has 35 heavy (non-hydrogen) atoms. The van der Waals surface area contributed by atoms with Crippen molar-refractivity contribution in [1.82, 2.24) is 10.2 Å². The topological polar surface area (TPSA) is 109 Å². The van der Waals surface area contributed by atoms with Crippen molar-refractivity contribution in [3.8, 4) is 5.75 Å². The Hall–Kier alpha value is -3.30. The first-order valence-corrected chi connectivity index (χ1v) is 12.0. The van der Waals surface area contributed by atoms with Gasteiger partial charge in [-0.1, -0.05) is 23.7 Å². The number of ether oxygens (including phenoxy) is 2. The molecule has 186 valence electrons. The van der Waals surface area contributed by atoms with Crippen molar-refractivity contribution >= 4 is 40.8 Å². The average Bonchev–Trinajstić information content (AvgIpc) is 2.83. The third-order valence-corrected chi connectivity index (χ3v) is 6.51. The summed E-state index contributed by atoms with van der Waals surface area (Å²) in [7, 11) is 1.74. The lowest BCUT2D eigenvalue weighted by Crippen LogP contribution is -2.54. The number of carbonyl (C=O) groups is 3. The van der Waals surface area contributed by atoms with Crippen molar-refractivity contribution < 1.29 is 23.9 Å². The van der Waals surface area contributed by atoms with Gasteiger partial charge in [0.2, 0.25) is 5.91 Å². The van der Waals surface area contributed by atoms with Crippen LogP contribution in [0.1, 0.15) is 36.5 Å². The van der Waals surface area contributed by atoms with Crippen LogP contribution >= 0.6 is 11.6 Å². The van der Waals surface area contributed by atoms with E-state index in [1.165, 1.54) is 0 Å². The highest BCUT2D eigenvalue weighted by Crippen LogP contribution is 2.32. The van der Waals surface area contributed by atoms with Crippen LogP contribution in [0, 0.1) is 0 Å². The number of urea groups is 1. The second kappa shape index (κ2) is 11.0. The van der Waals surface area contributed by atoms with Gasteiger partial charge in [-0.2, -0.15) is 0 Å². The van der Waals surface area contributed by atoms with Crippen molar-refractivity contribution in [3.63, 3.8) is 0 Å². The quantitative estimate of drug-likeness (QED) is 0.577. The molecule has 4 amide bonds. The van der Waals surface area contributed by atoms with Crippen LogP contribution in [0.2, 0.25) is 5.02 Å². The number of anilines is 2. The first-order valence-electron chi connectivity index (χ1n) is 11.6. The van der Waals surface area contributed by atoms with Crippen LogP contribution in [0.25, 0.3) is 0 Å². The van der Waals surface area contributed by atoms with Gasteiger partial charge in [-0.25, -0.2) is 4.79 Å². The highest BCUT2D eigenvalue weighted by Gasteiger charge is 2.39. The molecule has 2 heterocycles. The molecule has 0 unspecified atom stereocenters. The molecule has 0 aliphatic carbocycles. The van der Waals surface area contributed by atoms with E-state index in [1.807, 2.05) is 6.92 Å². The summed E-state index contributed by atoms with van der Waals surface area (Å²) in [5.41, 5.74) is 1.27. The van der Waals surface area contributed by atoms with E-state index in [9.17, 15) is 14.4 Å². The number of carbonyl (C=O) groups excluding carboxylic acids is 3. The van der Waals surface area contributed by atoms with Crippen molar-refractivity contribution in [1.29, 1.82) is 0 Å². The van der Waals surface area contributed by atoms with Gasteiger partial charge in [0.1, 0.15) is 18.5 Å². The van der Waals surface area contributed by atoms with Crippen molar-refractivity contribution in [3.05, 3.63) is 53.1 Å². The lowest BCUT2D eigenvalue weighted by atomic mass is 9.94. The van der Waals surface area contributed by atoms with Crippen LogP contribution in [-0.4, -0.2) is 61.2 Å². The molecule has 0 aromatic heterocycles. The molecule has 2 aliphatic rings. The number of nitrogens with zero attached hydrogens (tertiary/aromatic N) is 1. The number of nitrogens with one attached hydrogen (secondary N) is 3. The zero-order chi connectivity index (χ0) is 24.9. The van der Waals surface area contributed by atoms with Gasteiger partial charge < -0.3 is 30.3 Å². The fourth-order valence-corrected chi connectivity index (χ4v) is 4.61. The monoisotopic (exact) mass is 500 g/mol. The largest absolute Gasteiger partial charge is 0.490 e. The fraction of sp³-hybridized carbons (Fsp3) is 0.400. The number of rotatable bonds is 5. The number of hydrogen-bond acceptors (Lipinski definition) is 5. The van der Waals surface area contributed by atoms with Gasteiger partial charge in [-0.15, -0.1) is 0 Å². The molecular formula is C25H29ClN4O5. The average molecular weight is 501 g/mol. The van der Waals surface area contributed by atoms with Crippen LogP contribution in [0.4, 0.5) is 16.2 Å². The second-order valence-corrected chi connectivity index (χ2v) is 9.00. The number of benzene rings is 2. The number of amides is 4. The van der Waals surface area contributed by atoms with E-state index in [1.54, 1.807) is 54.4 Å². The Morgan fingerprint density at radius 2 is 1.94 bits per heavy atom. The Bertz CT molecular complexity index is 1110. The number of fused-ring (bicyclic) bond motifs is 2. The first-order chi connectivity index (χ1) is 16.9. The minimum absolute atomic E-state index is 0.0453. The van der Waals surface area contributed by atoms with Crippen LogP contribution < -0.4 is 20.7 Å². The summed E-state index contributed by atoms with van der Waals surface area (Å²) >= 11 is 6.10.